The highest BCUT2D eigenvalue weighted by molar-refractivity contribution is 6.30. The number of nitrogens with zero attached hydrogens (tertiary/aromatic N) is 2. The molecule has 2 heterocycles. The molecule has 2 saturated heterocycles. The number of hydrogen-bond donors (Lipinski definition) is 1. The summed E-state index contributed by atoms with van der Waals surface area (Å²) in [6, 6.07) is 17.8. The van der Waals surface area contributed by atoms with Crippen molar-refractivity contribution in [3.63, 3.8) is 0 Å². The van der Waals surface area contributed by atoms with Crippen molar-refractivity contribution < 1.29 is 4.79 Å². The van der Waals surface area contributed by atoms with Gasteiger partial charge < -0.3 is 10.2 Å². The molecule has 26 heavy (non-hydrogen) atoms. The van der Waals surface area contributed by atoms with Gasteiger partial charge >= 0.3 is 6.03 Å². The van der Waals surface area contributed by atoms with E-state index in [1.807, 2.05) is 47.4 Å². The highest BCUT2D eigenvalue weighted by Gasteiger charge is 2.46. The number of halogens is 1. The summed E-state index contributed by atoms with van der Waals surface area (Å²) in [4.78, 5) is 17.2. The number of amides is 2. The second-order valence-electron chi connectivity index (χ2n) is 7.34. The van der Waals surface area contributed by atoms with E-state index in [1.54, 1.807) is 0 Å². The van der Waals surface area contributed by atoms with Crippen LogP contribution in [0.4, 0.5) is 10.5 Å². The third-order valence-corrected chi connectivity index (χ3v) is 5.92. The summed E-state index contributed by atoms with van der Waals surface area (Å²) < 4.78 is 0. The van der Waals surface area contributed by atoms with Gasteiger partial charge in [0.25, 0.3) is 0 Å². The molecule has 2 fully saturated rings. The van der Waals surface area contributed by atoms with Gasteiger partial charge in [-0.2, -0.15) is 0 Å². The third-order valence-electron chi connectivity index (χ3n) is 5.67. The molecule has 4 nitrogen and oxygen atoms in total. The molecule has 1 spiro atoms. The van der Waals surface area contributed by atoms with Crippen LogP contribution in [0.5, 0.6) is 0 Å². The Balaban J connectivity index is 1.42. The second kappa shape index (κ2) is 7.29. The van der Waals surface area contributed by atoms with Gasteiger partial charge in [0.1, 0.15) is 0 Å². The molecule has 136 valence electrons. The Labute approximate surface area is 159 Å². The van der Waals surface area contributed by atoms with Gasteiger partial charge in [0.15, 0.2) is 0 Å². The molecule has 1 N–H and O–H groups in total. The molecule has 0 aliphatic carbocycles. The van der Waals surface area contributed by atoms with Crippen LogP contribution in [-0.4, -0.2) is 41.0 Å². The minimum atomic E-state index is 0.00594. The zero-order chi connectivity index (χ0) is 18.0. The molecule has 0 bridgehead atoms. The van der Waals surface area contributed by atoms with Gasteiger partial charge in [0, 0.05) is 35.9 Å². The van der Waals surface area contributed by atoms with E-state index in [1.165, 1.54) is 12.0 Å². The lowest BCUT2D eigenvalue weighted by Gasteiger charge is -2.35. The minimum Gasteiger partial charge on any atom is -0.323 e. The quantitative estimate of drug-likeness (QED) is 0.857. The zero-order valence-electron chi connectivity index (χ0n) is 14.8. The first-order chi connectivity index (χ1) is 12.6. The Morgan fingerprint density at radius 2 is 1.81 bits per heavy atom. The number of likely N-dealkylation sites (tertiary alicyclic amines) is 2. The van der Waals surface area contributed by atoms with Crippen LogP contribution in [0.25, 0.3) is 0 Å². The number of hydrogen-bond acceptors (Lipinski definition) is 2. The lowest BCUT2D eigenvalue weighted by Crippen LogP contribution is -2.46. The van der Waals surface area contributed by atoms with Crippen molar-refractivity contribution in [2.75, 3.05) is 25.0 Å². The van der Waals surface area contributed by atoms with E-state index in [0.717, 1.165) is 49.7 Å². The van der Waals surface area contributed by atoms with Gasteiger partial charge in [-0.1, -0.05) is 41.9 Å². The van der Waals surface area contributed by atoms with Gasteiger partial charge in [-0.25, -0.2) is 4.79 Å². The number of anilines is 1. The summed E-state index contributed by atoms with van der Waals surface area (Å²) in [5.74, 6) is 0. The van der Waals surface area contributed by atoms with Gasteiger partial charge in [0.05, 0.1) is 0 Å². The first-order valence-corrected chi connectivity index (χ1v) is 9.63. The molecule has 0 saturated carbocycles. The summed E-state index contributed by atoms with van der Waals surface area (Å²) in [6.45, 7) is 3.64. The number of urea groups is 1. The maximum Gasteiger partial charge on any atom is 0.321 e. The standard InChI is InChI=1S/C21H24ClN3O/c22-18-9-7-17(8-10-18)15-25-13-4-11-21(25)12-14-24(16-21)20(26)23-19-5-2-1-3-6-19/h1-3,5-10H,4,11-16H2,(H,23,26). The average Bonchev–Trinajstić information content (AvgIpc) is 3.26. The Morgan fingerprint density at radius 3 is 2.58 bits per heavy atom. The number of carbonyl (C=O) groups is 1. The molecule has 4 rings (SSSR count). The SMILES string of the molecule is O=C(Nc1ccccc1)N1CCC2(CCCN2Cc2ccc(Cl)cc2)C1. The number of nitrogens with one attached hydrogen (secondary N) is 1. The molecule has 2 amide bonds. The van der Waals surface area contributed by atoms with E-state index in [2.05, 4.69) is 22.3 Å². The fourth-order valence-corrected chi connectivity index (χ4v) is 4.39. The Kier molecular flexibility index (Phi) is 4.88. The minimum absolute atomic E-state index is 0.00594. The number of carbonyl (C=O) groups excluding carboxylic acids is 1. The Morgan fingerprint density at radius 1 is 1.04 bits per heavy atom. The largest absolute Gasteiger partial charge is 0.323 e. The molecule has 5 heteroatoms. The van der Waals surface area contributed by atoms with Crippen molar-refractivity contribution in [3.05, 3.63) is 65.2 Å². The predicted molar refractivity (Wildman–Crippen MR) is 105 cm³/mol. The van der Waals surface area contributed by atoms with Crippen molar-refractivity contribution in [2.24, 2.45) is 0 Å². The van der Waals surface area contributed by atoms with Crippen molar-refractivity contribution in [2.45, 2.75) is 31.3 Å². The van der Waals surface area contributed by atoms with Crippen LogP contribution in [0.3, 0.4) is 0 Å². The Bertz CT molecular complexity index is 765. The summed E-state index contributed by atoms with van der Waals surface area (Å²) in [7, 11) is 0. The van der Waals surface area contributed by atoms with Gasteiger partial charge in [-0.05, 0) is 55.6 Å². The highest BCUT2D eigenvalue weighted by Crippen LogP contribution is 2.38. The molecule has 2 aliphatic rings. The van der Waals surface area contributed by atoms with Crippen molar-refractivity contribution >= 4 is 23.3 Å². The van der Waals surface area contributed by atoms with Crippen molar-refractivity contribution in [1.29, 1.82) is 0 Å². The van der Waals surface area contributed by atoms with Gasteiger partial charge in [0.2, 0.25) is 0 Å². The number of para-hydroxylation sites is 1. The fourth-order valence-electron chi connectivity index (χ4n) is 4.27. The molecule has 0 aromatic heterocycles. The first-order valence-electron chi connectivity index (χ1n) is 9.25. The zero-order valence-corrected chi connectivity index (χ0v) is 15.6. The molecule has 1 unspecified atom stereocenters. The summed E-state index contributed by atoms with van der Waals surface area (Å²) in [5.41, 5.74) is 2.25. The van der Waals surface area contributed by atoms with E-state index in [0.29, 0.717) is 0 Å². The highest BCUT2D eigenvalue weighted by atomic mass is 35.5. The van der Waals surface area contributed by atoms with E-state index in [4.69, 9.17) is 11.6 Å². The lowest BCUT2D eigenvalue weighted by atomic mass is 9.95. The second-order valence-corrected chi connectivity index (χ2v) is 7.78. The van der Waals surface area contributed by atoms with Crippen LogP contribution in [0, 0.1) is 0 Å². The molecule has 1 atom stereocenters. The van der Waals surface area contributed by atoms with Gasteiger partial charge in [-0.15, -0.1) is 0 Å². The van der Waals surface area contributed by atoms with Crippen LogP contribution < -0.4 is 5.32 Å². The van der Waals surface area contributed by atoms with Crippen LogP contribution in [0.2, 0.25) is 5.02 Å². The van der Waals surface area contributed by atoms with E-state index in [-0.39, 0.29) is 11.6 Å². The maximum atomic E-state index is 12.6. The van der Waals surface area contributed by atoms with Crippen LogP contribution in [0.1, 0.15) is 24.8 Å². The predicted octanol–water partition coefficient (Wildman–Crippen LogP) is 4.61. The van der Waals surface area contributed by atoms with Crippen molar-refractivity contribution in [1.82, 2.24) is 9.80 Å². The third kappa shape index (κ3) is 3.57. The van der Waals surface area contributed by atoms with Crippen LogP contribution in [0.15, 0.2) is 54.6 Å². The molecular weight excluding hydrogens is 346 g/mol. The Hall–Kier alpha value is -2.04. The molecule has 2 aliphatic heterocycles. The average molecular weight is 370 g/mol. The number of rotatable bonds is 3. The molecule has 2 aromatic rings. The monoisotopic (exact) mass is 369 g/mol. The van der Waals surface area contributed by atoms with Crippen LogP contribution >= 0.6 is 11.6 Å². The normalized spacial score (nSPS) is 22.9. The fraction of sp³-hybridized carbons (Fsp3) is 0.381. The van der Waals surface area contributed by atoms with E-state index >= 15 is 0 Å². The summed E-state index contributed by atoms with van der Waals surface area (Å²) >= 11 is 6.00. The summed E-state index contributed by atoms with van der Waals surface area (Å²) in [5, 5.41) is 3.79. The molecule has 2 aromatic carbocycles. The van der Waals surface area contributed by atoms with Gasteiger partial charge in [-0.3, -0.25) is 4.90 Å². The molecular formula is C21H24ClN3O. The topological polar surface area (TPSA) is 35.6 Å². The van der Waals surface area contributed by atoms with Crippen molar-refractivity contribution in [3.8, 4) is 0 Å². The van der Waals surface area contributed by atoms with E-state index in [9.17, 15) is 4.79 Å². The summed E-state index contributed by atoms with van der Waals surface area (Å²) in [6.07, 6.45) is 3.40. The first kappa shape index (κ1) is 17.4. The number of benzene rings is 2. The smallest absolute Gasteiger partial charge is 0.321 e. The van der Waals surface area contributed by atoms with Crippen LogP contribution in [-0.2, 0) is 6.54 Å². The lowest BCUT2D eigenvalue weighted by molar-refractivity contribution is 0.136. The maximum absolute atomic E-state index is 12.6. The van der Waals surface area contributed by atoms with E-state index < -0.39 is 0 Å². The molecule has 0 radical (unpaired) electrons.